The van der Waals surface area contributed by atoms with Gasteiger partial charge >= 0.3 is 0 Å². The average Bonchev–Trinajstić information content (AvgIpc) is 2.69. The highest BCUT2D eigenvalue weighted by Gasteiger charge is 1.97. The van der Waals surface area contributed by atoms with Crippen LogP contribution in [0.4, 0.5) is 0 Å². The molecule has 6 heteroatoms. The summed E-state index contributed by atoms with van der Waals surface area (Å²) < 4.78 is 7.42. The molecule has 0 aliphatic heterocycles. The highest BCUT2D eigenvalue weighted by Crippen LogP contribution is 2.10. The van der Waals surface area contributed by atoms with Crippen LogP contribution < -0.4 is 4.74 Å². The molecule has 0 aliphatic rings. The maximum Gasteiger partial charge on any atom is 0.216 e. The molecular weight excluding hydrogens is 248 g/mol. The first-order chi connectivity index (χ1) is 8.70. The van der Waals surface area contributed by atoms with Crippen molar-refractivity contribution in [3.8, 4) is 5.75 Å². The number of aryl methyl sites for hydroxylation is 1. The first kappa shape index (κ1) is 12.5. The second-order valence-corrected chi connectivity index (χ2v) is 4.02. The van der Waals surface area contributed by atoms with Gasteiger partial charge in [0.05, 0.1) is 12.8 Å². The Hall–Kier alpha value is -1.95. The summed E-state index contributed by atoms with van der Waals surface area (Å²) >= 11 is 5.05. The smallest absolute Gasteiger partial charge is 0.216 e. The third-order valence-corrected chi connectivity index (χ3v) is 2.59. The SMILES string of the molecule is CCOc1ccc(/C=N/n2c(C)n[nH]c2=S)cc1. The van der Waals surface area contributed by atoms with Gasteiger partial charge in [0, 0.05) is 0 Å². The molecule has 1 N–H and O–H groups in total. The number of H-pyrrole nitrogens is 1. The summed E-state index contributed by atoms with van der Waals surface area (Å²) in [6.07, 6.45) is 1.73. The zero-order chi connectivity index (χ0) is 13.0. The average molecular weight is 262 g/mol. The van der Waals surface area contributed by atoms with Crippen LogP contribution >= 0.6 is 12.2 Å². The van der Waals surface area contributed by atoms with Gasteiger partial charge in [-0.3, -0.25) is 5.10 Å². The monoisotopic (exact) mass is 262 g/mol. The van der Waals surface area contributed by atoms with Crippen LogP contribution in [-0.2, 0) is 0 Å². The Balaban J connectivity index is 2.16. The van der Waals surface area contributed by atoms with E-state index in [0.717, 1.165) is 17.1 Å². The van der Waals surface area contributed by atoms with Crippen molar-refractivity contribution in [1.82, 2.24) is 14.9 Å². The number of ether oxygens (including phenoxy) is 1. The molecule has 0 saturated heterocycles. The fraction of sp³-hybridized carbons (Fsp3) is 0.250. The highest BCUT2D eigenvalue weighted by atomic mass is 32.1. The van der Waals surface area contributed by atoms with Crippen LogP contribution in [0.1, 0.15) is 18.3 Å². The van der Waals surface area contributed by atoms with Crippen molar-refractivity contribution in [2.24, 2.45) is 5.10 Å². The van der Waals surface area contributed by atoms with Gasteiger partial charge in [0.1, 0.15) is 11.6 Å². The summed E-state index contributed by atoms with van der Waals surface area (Å²) in [5, 5.41) is 10.9. The Kier molecular flexibility index (Phi) is 3.88. The lowest BCUT2D eigenvalue weighted by Gasteiger charge is -2.02. The van der Waals surface area contributed by atoms with Gasteiger partial charge in [-0.25, -0.2) is 0 Å². The summed E-state index contributed by atoms with van der Waals surface area (Å²) in [7, 11) is 0. The molecule has 1 heterocycles. The second-order valence-electron chi connectivity index (χ2n) is 3.63. The van der Waals surface area contributed by atoms with Crippen molar-refractivity contribution >= 4 is 18.4 Å². The molecule has 2 aromatic rings. The maximum absolute atomic E-state index is 5.37. The molecule has 94 valence electrons. The van der Waals surface area contributed by atoms with E-state index in [4.69, 9.17) is 17.0 Å². The maximum atomic E-state index is 5.37. The van der Waals surface area contributed by atoms with Crippen LogP contribution in [0, 0.1) is 11.7 Å². The summed E-state index contributed by atoms with van der Waals surface area (Å²) in [5.74, 6) is 1.58. The zero-order valence-corrected chi connectivity index (χ0v) is 11.1. The van der Waals surface area contributed by atoms with Gasteiger partial charge in [-0.05, 0) is 55.9 Å². The van der Waals surface area contributed by atoms with Crippen molar-refractivity contribution < 1.29 is 4.74 Å². The van der Waals surface area contributed by atoms with Crippen molar-refractivity contribution in [2.75, 3.05) is 6.61 Å². The number of nitrogens with one attached hydrogen (secondary N) is 1. The van der Waals surface area contributed by atoms with E-state index in [2.05, 4.69) is 15.3 Å². The molecule has 0 radical (unpaired) electrons. The Labute approximate surface area is 110 Å². The minimum Gasteiger partial charge on any atom is -0.494 e. The first-order valence-electron chi connectivity index (χ1n) is 5.62. The number of nitrogens with zero attached hydrogens (tertiary/aromatic N) is 3. The zero-order valence-electron chi connectivity index (χ0n) is 10.3. The van der Waals surface area contributed by atoms with E-state index in [1.807, 2.05) is 38.1 Å². The molecule has 0 spiro atoms. The number of aromatic amines is 1. The second kappa shape index (κ2) is 5.59. The van der Waals surface area contributed by atoms with Gasteiger partial charge < -0.3 is 4.74 Å². The van der Waals surface area contributed by atoms with Crippen LogP contribution in [0.15, 0.2) is 29.4 Å². The lowest BCUT2D eigenvalue weighted by atomic mass is 10.2. The van der Waals surface area contributed by atoms with Crippen molar-refractivity contribution in [2.45, 2.75) is 13.8 Å². The van der Waals surface area contributed by atoms with Gasteiger partial charge in [0.2, 0.25) is 4.77 Å². The molecule has 1 aromatic heterocycles. The predicted molar refractivity (Wildman–Crippen MR) is 72.8 cm³/mol. The quantitative estimate of drug-likeness (QED) is 0.680. The minimum absolute atomic E-state index is 0.481. The Bertz CT molecular complexity index is 597. The van der Waals surface area contributed by atoms with Gasteiger partial charge in [0.25, 0.3) is 0 Å². The van der Waals surface area contributed by atoms with E-state index in [1.165, 1.54) is 0 Å². The molecule has 0 fully saturated rings. The summed E-state index contributed by atoms with van der Waals surface area (Å²) in [6, 6.07) is 7.69. The topological polar surface area (TPSA) is 55.2 Å². The van der Waals surface area contributed by atoms with Crippen LogP contribution in [0.5, 0.6) is 5.75 Å². The van der Waals surface area contributed by atoms with Crippen molar-refractivity contribution in [3.05, 3.63) is 40.4 Å². The molecule has 0 unspecified atom stereocenters. The van der Waals surface area contributed by atoms with Crippen LogP contribution in [0.2, 0.25) is 0 Å². The molecule has 0 aliphatic carbocycles. The van der Waals surface area contributed by atoms with E-state index >= 15 is 0 Å². The molecule has 0 bridgehead atoms. The number of benzene rings is 1. The van der Waals surface area contributed by atoms with Gasteiger partial charge in [-0.2, -0.15) is 14.9 Å². The van der Waals surface area contributed by atoms with E-state index in [0.29, 0.717) is 11.4 Å². The number of rotatable bonds is 4. The summed E-state index contributed by atoms with van der Waals surface area (Å²) in [6.45, 7) is 4.46. The number of hydrogen-bond acceptors (Lipinski definition) is 4. The molecule has 5 nitrogen and oxygen atoms in total. The van der Waals surface area contributed by atoms with E-state index in [9.17, 15) is 0 Å². The van der Waals surface area contributed by atoms with E-state index in [-0.39, 0.29) is 0 Å². The summed E-state index contributed by atoms with van der Waals surface area (Å²) in [4.78, 5) is 0. The van der Waals surface area contributed by atoms with Crippen molar-refractivity contribution in [3.63, 3.8) is 0 Å². The van der Waals surface area contributed by atoms with Gasteiger partial charge in [0.15, 0.2) is 0 Å². The third-order valence-electron chi connectivity index (χ3n) is 2.33. The summed E-state index contributed by atoms with van der Waals surface area (Å²) in [5.41, 5.74) is 0.973. The van der Waals surface area contributed by atoms with Crippen LogP contribution in [0.3, 0.4) is 0 Å². The molecule has 0 atom stereocenters. The normalized spacial score (nSPS) is 11.0. The standard InChI is InChI=1S/C12H14N4OS/c1-3-17-11-6-4-10(5-7-11)8-13-16-9(2)14-15-12(16)18/h4-8H,3H2,1-2H3,(H,15,18)/b13-8+. The number of aromatic nitrogens is 3. The minimum atomic E-state index is 0.481. The highest BCUT2D eigenvalue weighted by molar-refractivity contribution is 7.71. The molecule has 1 aromatic carbocycles. The predicted octanol–water partition coefficient (Wildman–Crippen LogP) is 2.53. The van der Waals surface area contributed by atoms with Crippen LogP contribution in [-0.4, -0.2) is 27.7 Å². The van der Waals surface area contributed by atoms with E-state index in [1.54, 1.807) is 10.9 Å². The van der Waals surface area contributed by atoms with E-state index < -0.39 is 0 Å². The van der Waals surface area contributed by atoms with Gasteiger partial charge in [-0.15, -0.1) is 0 Å². The third kappa shape index (κ3) is 2.84. The fourth-order valence-electron chi connectivity index (χ4n) is 1.45. The van der Waals surface area contributed by atoms with Gasteiger partial charge in [-0.1, -0.05) is 0 Å². The largest absolute Gasteiger partial charge is 0.494 e. The lowest BCUT2D eigenvalue weighted by molar-refractivity contribution is 0.340. The molecule has 0 amide bonds. The Morgan fingerprint density at radius 1 is 1.44 bits per heavy atom. The lowest BCUT2D eigenvalue weighted by Crippen LogP contribution is -1.94. The van der Waals surface area contributed by atoms with Crippen molar-refractivity contribution in [1.29, 1.82) is 0 Å². The Morgan fingerprint density at radius 3 is 2.72 bits per heavy atom. The fourth-order valence-corrected chi connectivity index (χ4v) is 1.67. The van der Waals surface area contributed by atoms with Crippen LogP contribution in [0.25, 0.3) is 0 Å². The Morgan fingerprint density at radius 2 is 2.17 bits per heavy atom. The molecule has 18 heavy (non-hydrogen) atoms. The molecule has 2 rings (SSSR count). The number of hydrogen-bond donors (Lipinski definition) is 1. The molecular formula is C12H14N4OS. The molecule has 0 saturated carbocycles. The first-order valence-corrected chi connectivity index (χ1v) is 6.02.